The number of nitrogens with zero attached hydrogens (tertiary/aromatic N) is 6. The van der Waals surface area contributed by atoms with E-state index < -0.39 is 20.4 Å². The summed E-state index contributed by atoms with van der Waals surface area (Å²) in [5.74, 6) is 2.09. The molecule has 4 heterocycles. The van der Waals surface area contributed by atoms with Crippen LogP contribution in [0.3, 0.4) is 0 Å². The predicted octanol–water partition coefficient (Wildman–Crippen LogP) is 7.58. The van der Waals surface area contributed by atoms with Gasteiger partial charge in [-0.25, -0.2) is 0 Å². The van der Waals surface area contributed by atoms with E-state index >= 15 is 0 Å². The minimum absolute atomic E-state index is 0.153. The average Bonchev–Trinajstić information content (AvgIpc) is 3.30. The fraction of sp³-hybridized carbons (Fsp3) is 0.200. The molecule has 2 aliphatic heterocycles. The van der Waals surface area contributed by atoms with E-state index in [4.69, 9.17) is 9.97 Å². The Labute approximate surface area is 225 Å². The second-order valence-corrected chi connectivity index (χ2v) is 14.5. The van der Waals surface area contributed by atoms with Gasteiger partial charge in [-0.1, -0.05) is 0 Å². The van der Waals surface area contributed by atoms with Gasteiger partial charge in [0, 0.05) is 0 Å². The van der Waals surface area contributed by atoms with E-state index in [-0.39, 0.29) is 6.17 Å². The van der Waals surface area contributed by atoms with Gasteiger partial charge in [0.2, 0.25) is 0 Å². The van der Waals surface area contributed by atoms with E-state index in [1.54, 1.807) is 0 Å². The first kappa shape index (κ1) is 22.6. The normalized spacial score (nSPS) is 17.8. The van der Waals surface area contributed by atoms with E-state index in [1.807, 2.05) is 0 Å². The second-order valence-electron chi connectivity index (χ2n) is 9.75. The standard InChI is InChI=1S/C30H29IN6/c1-19-25(36-20(2)34(4)27-17-21-11-6-8-13-23(21)32-29(27)36)15-10-16-26(19)37-30-28(35(5)31(37)3)18-22-12-7-9-14-24(22)33-30/h6-18,20H,1-5H3/t20-/m0/s1. The molecule has 0 aliphatic carbocycles. The van der Waals surface area contributed by atoms with Gasteiger partial charge in [0.1, 0.15) is 0 Å². The molecule has 186 valence electrons. The molecule has 3 aromatic carbocycles. The molecule has 0 fully saturated rings. The van der Waals surface area contributed by atoms with Gasteiger partial charge in [-0.3, -0.25) is 0 Å². The zero-order chi connectivity index (χ0) is 25.4. The van der Waals surface area contributed by atoms with Crippen molar-refractivity contribution in [3.05, 3.63) is 84.4 Å². The van der Waals surface area contributed by atoms with Crippen LogP contribution in [-0.4, -0.2) is 35.2 Å². The van der Waals surface area contributed by atoms with Crippen LogP contribution in [0, 0.1) is 6.92 Å². The molecule has 2 aromatic heterocycles. The Morgan fingerprint density at radius 3 is 2.00 bits per heavy atom. The fourth-order valence-corrected chi connectivity index (χ4v) is 9.60. The van der Waals surface area contributed by atoms with Crippen LogP contribution in [0.1, 0.15) is 12.5 Å². The van der Waals surface area contributed by atoms with Gasteiger partial charge in [0.15, 0.2) is 0 Å². The Morgan fingerprint density at radius 1 is 0.703 bits per heavy atom. The molecular formula is C30H29IN6. The van der Waals surface area contributed by atoms with Gasteiger partial charge in [0.05, 0.1) is 0 Å². The topological polar surface area (TPSA) is 38.7 Å². The molecule has 1 atom stereocenters. The number of alkyl halides is 1. The molecule has 7 heteroatoms. The van der Waals surface area contributed by atoms with Crippen LogP contribution < -0.4 is 16.0 Å². The summed E-state index contributed by atoms with van der Waals surface area (Å²) in [4.78, 5) is 17.4. The molecule has 0 unspecified atom stereocenters. The van der Waals surface area contributed by atoms with Crippen LogP contribution in [0.15, 0.2) is 78.9 Å². The first-order valence-corrected chi connectivity index (χ1v) is 16.6. The molecule has 0 saturated heterocycles. The van der Waals surface area contributed by atoms with Crippen LogP contribution in [0.25, 0.3) is 21.8 Å². The predicted molar refractivity (Wildman–Crippen MR) is 165 cm³/mol. The van der Waals surface area contributed by atoms with Crippen molar-refractivity contribution in [2.75, 3.05) is 35.1 Å². The molecule has 37 heavy (non-hydrogen) atoms. The number of para-hydroxylation sites is 2. The SMILES string of the molecule is Cc1c(N2c3nc4ccccc4cc3N(C)[C@@H]2C)cccc1N1c2nc3ccccc3cc2N(C)I1C. The van der Waals surface area contributed by atoms with Crippen molar-refractivity contribution in [1.29, 1.82) is 0 Å². The number of halogens is 1. The van der Waals surface area contributed by atoms with Crippen LogP contribution >= 0.6 is 20.4 Å². The van der Waals surface area contributed by atoms with Crippen LogP contribution in [0.4, 0.5) is 34.4 Å². The molecular weight excluding hydrogens is 571 g/mol. The number of hydrogen-bond acceptors (Lipinski definition) is 6. The molecule has 0 N–H and O–H groups in total. The van der Waals surface area contributed by atoms with E-state index in [2.05, 4.69) is 128 Å². The van der Waals surface area contributed by atoms with Crippen molar-refractivity contribution in [1.82, 2.24) is 9.97 Å². The Balaban J connectivity index is 1.39. The zero-order valence-corrected chi connectivity index (χ0v) is 23.8. The van der Waals surface area contributed by atoms with E-state index in [0.29, 0.717) is 0 Å². The number of benzene rings is 3. The van der Waals surface area contributed by atoms with Crippen molar-refractivity contribution in [2.24, 2.45) is 0 Å². The van der Waals surface area contributed by atoms with Crippen molar-refractivity contribution >= 4 is 76.6 Å². The monoisotopic (exact) mass is 600 g/mol. The molecule has 0 spiro atoms. The Bertz CT molecular complexity index is 1580. The minimum atomic E-state index is -1.73. The first-order chi connectivity index (χ1) is 17.9. The third-order valence-electron chi connectivity index (χ3n) is 7.79. The summed E-state index contributed by atoms with van der Waals surface area (Å²) in [6, 6.07) is 28.0. The average molecular weight is 601 g/mol. The number of aromatic nitrogens is 2. The van der Waals surface area contributed by atoms with Crippen molar-refractivity contribution in [3.8, 4) is 0 Å². The molecule has 6 nitrogen and oxygen atoms in total. The van der Waals surface area contributed by atoms with Crippen molar-refractivity contribution in [2.45, 2.75) is 20.0 Å². The Hall–Kier alpha value is -3.59. The number of hydrogen-bond donors (Lipinski definition) is 0. The fourth-order valence-electron chi connectivity index (χ4n) is 5.56. The van der Waals surface area contributed by atoms with Gasteiger partial charge in [0.25, 0.3) is 0 Å². The Kier molecular flexibility index (Phi) is 5.01. The molecule has 0 saturated carbocycles. The maximum atomic E-state index is 5.17. The summed E-state index contributed by atoms with van der Waals surface area (Å²) in [6.07, 6.45) is 0.153. The van der Waals surface area contributed by atoms with Crippen LogP contribution in [0.5, 0.6) is 0 Å². The van der Waals surface area contributed by atoms with E-state index in [9.17, 15) is 0 Å². The third-order valence-corrected chi connectivity index (χ3v) is 12.8. The molecule has 0 amide bonds. The Morgan fingerprint density at radius 2 is 1.30 bits per heavy atom. The summed E-state index contributed by atoms with van der Waals surface area (Å²) in [5.41, 5.74) is 8.14. The number of anilines is 6. The number of rotatable bonds is 2. The molecule has 0 bridgehead atoms. The van der Waals surface area contributed by atoms with Gasteiger partial charge < -0.3 is 0 Å². The number of fused-ring (bicyclic) bond motifs is 4. The summed E-state index contributed by atoms with van der Waals surface area (Å²) < 4.78 is 5.00. The summed E-state index contributed by atoms with van der Waals surface area (Å²) in [7, 11) is 4.39. The molecule has 7 rings (SSSR count). The summed E-state index contributed by atoms with van der Waals surface area (Å²) in [5, 5.41) is 2.36. The van der Waals surface area contributed by atoms with Crippen LogP contribution in [-0.2, 0) is 0 Å². The van der Waals surface area contributed by atoms with Gasteiger partial charge in [-0.05, 0) is 0 Å². The first-order valence-electron chi connectivity index (χ1n) is 12.5. The third kappa shape index (κ3) is 3.22. The van der Waals surface area contributed by atoms with Gasteiger partial charge in [-0.15, -0.1) is 0 Å². The molecule has 5 aromatic rings. The van der Waals surface area contributed by atoms with Crippen molar-refractivity contribution in [3.63, 3.8) is 0 Å². The zero-order valence-electron chi connectivity index (χ0n) is 21.6. The summed E-state index contributed by atoms with van der Waals surface area (Å²) in [6.45, 7) is 4.50. The quantitative estimate of drug-likeness (QED) is 0.118. The van der Waals surface area contributed by atoms with Crippen molar-refractivity contribution < 1.29 is 0 Å². The van der Waals surface area contributed by atoms with E-state index in [1.165, 1.54) is 39.1 Å². The van der Waals surface area contributed by atoms with Crippen LogP contribution in [0.2, 0.25) is 0 Å². The van der Waals surface area contributed by atoms with E-state index in [0.717, 1.165) is 22.7 Å². The molecule has 2 aliphatic rings. The second kappa shape index (κ2) is 8.21. The molecule has 0 radical (unpaired) electrons. The van der Waals surface area contributed by atoms with Gasteiger partial charge >= 0.3 is 226 Å². The van der Waals surface area contributed by atoms with Gasteiger partial charge in [-0.2, -0.15) is 0 Å². The summed E-state index contributed by atoms with van der Waals surface area (Å²) >= 11 is -1.73. The number of pyridine rings is 2. The maximum absolute atomic E-state index is 5.17.